The number of amides is 1. The molecule has 0 aliphatic rings. The van der Waals surface area contributed by atoms with E-state index < -0.39 is 12.1 Å². The molecule has 28 heavy (non-hydrogen) atoms. The summed E-state index contributed by atoms with van der Waals surface area (Å²) >= 11 is 0. The summed E-state index contributed by atoms with van der Waals surface area (Å²) in [5.74, 6) is -0.0779. The summed E-state index contributed by atoms with van der Waals surface area (Å²) in [7, 11) is 2.77. The molecule has 6 nitrogen and oxygen atoms in total. The summed E-state index contributed by atoms with van der Waals surface area (Å²) in [6.07, 6.45) is -0.774. The number of hydrogen-bond donors (Lipinski definition) is 1. The lowest BCUT2D eigenvalue weighted by Crippen LogP contribution is -2.30. The minimum Gasteiger partial charge on any atom is -0.493 e. The molecule has 0 aliphatic carbocycles. The minimum atomic E-state index is -0.774. The average Bonchev–Trinajstić information content (AvgIpc) is 2.73. The van der Waals surface area contributed by atoms with E-state index >= 15 is 0 Å². The Hall–Kier alpha value is -3.54. The maximum Gasteiger partial charge on any atom is 0.337 e. The average molecular weight is 379 g/mol. The number of nitrogens with one attached hydrogen (secondary N) is 1. The molecular formula is C22H21NO5. The third-order valence-corrected chi connectivity index (χ3v) is 4.27. The van der Waals surface area contributed by atoms with E-state index in [4.69, 9.17) is 14.2 Å². The predicted octanol–water partition coefficient (Wildman–Crippen LogP) is 4.04. The molecule has 1 amide bonds. The van der Waals surface area contributed by atoms with Gasteiger partial charge in [-0.2, -0.15) is 0 Å². The lowest BCUT2D eigenvalue weighted by molar-refractivity contribution is -0.122. The molecule has 3 aromatic carbocycles. The molecule has 0 saturated heterocycles. The van der Waals surface area contributed by atoms with Crippen molar-refractivity contribution in [3.05, 3.63) is 66.2 Å². The van der Waals surface area contributed by atoms with Crippen LogP contribution in [0, 0.1) is 0 Å². The van der Waals surface area contributed by atoms with Gasteiger partial charge >= 0.3 is 5.97 Å². The van der Waals surface area contributed by atoms with Gasteiger partial charge in [0, 0.05) is 5.69 Å². The molecule has 0 fully saturated rings. The second kappa shape index (κ2) is 8.43. The molecule has 0 radical (unpaired) electrons. The van der Waals surface area contributed by atoms with Crippen LogP contribution in [0.15, 0.2) is 60.7 Å². The van der Waals surface area contributed by atoms with Gasteiger partial charge in [0.1, 0.15) is 0 Å². The number of rotatable bonds is 6. The van der Waals surface area contributed by atoms with Crippen LogP contribution in [0.2, 0.25) is 0 Å². The number of carbonyl (C=O) groups is 2. The summed E-state index contributed by atoms with van der Waals surface area (Å²) in [6.45, 7) is 1.64. The maximum atomic E-state index is 12.5. The first-order chi connectivity index (χ1) is 13.5. The fourth-order valence-electron chi connectivity index (χ4n) is 2.76. The standard InChI is InChI=1S/C22H21NO5/c1-14(28-19-11-9-17(22(25)27-3)13-20(19)26-2)21(24)23-18-10-8-15-6-4-5-7-16(15)12-18/h4-14H,1-3H3,(H,23,24)/t14-/m0/s1. The number of carbonyl (C=O) groups excluding carboxylic acids is 2. The van der Waals surface area contributed by atoms with Crippen LogP contribution in [0.1, 0.15) is 17.3 Å². The van der Waals surface area contributed by atoms with Crippen LogP contribution in [-0.2, 0) is 9.53 Å². The summed E-state index contributed by atoms with van der Waals surface area (Å²) in [4.78, 5) is 24.2. The molecule has 144 valence electrons. The van der Waals surface area contributed by atoms with Crippen LogP contribution in [-0.4, -0.2) is 32.2 Å². The van der Waals surface area contributed by atoms with Gasteiger partial charge in [-0.15, -0.1) is 0 Å². The molecule has 0 bridgehead atoms. The lowest BCUT2D eigenvalue weighted by atomic mass is 10.1. The van der Waals surface area contributed by atoms with Gasteiger partial charge in [-0.05, 0) is 48.0 Å². The van der Waals surface area contributed by atoms with Crippen molar-refractivity contribution in [3.63, 3.8) is 0 Å². The molecule has 3 rings (SSSR count). The number of hydrogen-bond acceptors (Lipinski definition) is 5. The van der Waals surface area contributed by atoms with E-state index in [-0.39, 0.29) is 5.91 Å². The van der Waals surface area contributed by atoms with Crippen LogP contribution in [0.25, 0.3) is 10.8 Å². The number of esters is 1. The Morgan fingerprint density at radius 1 is 0.893 bits per heavy atom. The highest BCUT2D eigenvalue weighted by atomic mass is 16.5. The van der Waals surface area contributed by atoms with E-state index in [0.717, 1.165) is 10.8 Å². The second-order valence-electron chi connectivity index (χ2n) is 6.17. The molecule has 1 atom stereocenters. The molecule has 0 unspecified atom stereocenters. The Bertz CT molecular complexity index is 1010. The fraction of sp³-hybridized carbons (Fsp3) is 0.182. The third-order valence-electron chi connectivity index (χ3n) is 4.27. The van der Waals surface area contributed by atoms with Gasteiger partial charge in [0.05, 0.1) is 19.8 Å². The zero-order valence-electron chi connectivity index (χ0n) is 15.9. The minimum absolute atomic E-state index is 0.297. The predicted molar refractivity (Wildman–Crippen MR) is 107 cm³/mol. The Kier molecular flexibility index (Phi) is 5.79. The Balaban J connectivity index is 1.71. The van der Waals surface area contributed by atoms with Crippen LogP contribution < -0.4 is 14.8 Å². The van der Waals surface area contributed by atoms with Crippen molar-refractivity contribution >= 4 is 28.3 Å². The summed E-state index contributed by atoms with van der Waals surface area (Å²) in [6, 6.07) is 18.3. The van der Waals surface area contributed by atoms with E-state index in [9.17, 15) is 9.59 Å². The number of methoxy groups -OCH3 is 2. The number of benzene rings is 3. The SMILES string of the molecule is COC(=O)c1ccc(O[C@@H](C)C(=O)Nc2ccc3ccccc3c2)c(OC)c1. The lowest BCUT2D eigenvalue weighted by Gasteiger charge is -2.17. The van der Waals surface area contributed by atoms with E-state index in [1.807, 2.05) is 42.5 Å². The Labute approximate surface area is 163 Å². The maximum absolute atomic E-state index is 12.5. The normalized spacial score (nSPS) is 11.5. The van der Waals surface area contributed by atoms with E-state index in [2.05, 4.69) is 5.32 Å². The Morgan fingerprint density at radius 3 is 2.36 bits per heavy atom. The molecule has 0 heterocycles. The van der Waals surface area contributed by atoms with Gasteiger partial charge < -0.3 is 19.5 Å². The van der Waals surface area contributed by atoms with Crippen molar-refractivity contribution in [3.8, 4) is 11.5 Å². The van der Waals surface area contributed by atoms with Gasteiger partial charge in [0.15, 0.2) is 17.6 Å². The van der Waals surface area contributed by atoms with Crippen molar-refractivity contribution in [1.29, 1.82) is 0 Å². The van der Waals surface area contributed by atoms with Gasteiger partial charge in [0.25, 0.3) is 5.91 Å². The van der Waals surface area contributed by atoms with E-state index in [1.54, 1.807) is 19.1 Å². The highest BCUT2D eigenvalue weighted by Gasteiger charge is 2.18. The van der Waals surface area contributed by atoms with Gasteiger partial charge in [-0.25, -0.2) is 4.79 Å². The van der Waals surface area contributed by atoms with Crippen LogP contribution in [0.3, 0.4) is 0 Å². The first-order valence-corrected chi connectivity index (χ1v) is 8.74. The third kappa shape index (κ3) is 4.23. The number of fused-ring (bicyclic) bond motifs is 1. The highest BCUT2D eigenvalue weighted by molar-refractivity contribution is 5.96. The largest absolute Gasteiger partial charge is 0.493 e. The molecule has 0 aromatic heterocycles. The second-order valence-corrected chi connectivity index (χ2v) is 6.17. The van der Waals surface area contributed by atoms with Crippen LogP contribution in [0.4, 0.5) is 5.69 Å². The molecule has 3 aromatic rings. The summed E-state index contributed by atoms with van der Waals surface area (Å²) < 4.78 is 15.7. The monoisotopic (exact) mass is 379 g/mol. The zero-order valence-corrected chi connectivity index (χ0v) is 15.9. The summed E-state index contributed by atoms with van der Waals surface area (Å²) in [5.41, 5.74) is 1.02. The topological polar surface area (TPSA) is 73.9 Å². The smallest absolute Gasteiger partial charge is 0.337 e. The Morgan fingerprint density at radius 2 is 1.64 bits per heavy atom. The number of ether oxygens (including phenoxy) is 3. The first-order valence-electron chi connectivity index (χ1n) is 8.74. The molecule has 0 saturated carbocycles. The van der Waals surface area contributed by atoms with Crippen LogP contribution in [0.5, 0.6) is 11.5 Å². The van der Waals surface area contributed by atoms with Gasteiger partial charge in [-0.3, -0.25) is 4.79 Å². The van der Waals surface area contributed by atoms with Crippen molar-refractivity contribution in [2.75, 3.05) is 19.5 Å². The van der Waals surface area contributed by atoms with E-state index in [0.29, 0.717) is 22.7 Å². The molecule has 1 N–H and O–H groups in total. The van der Waals surface area contributed by atoms with Crippen molar-refractivity contribution in [1.82, 2.24) is 0 Å². The first kappa shape index (κ1) is 19.2. The zero-order chi connectivity index (χ0) is 20.1. The molecule has 0 aliphatic heterocycles. The van der Waals surface area contributed by atoms with Gasteiger partial charge in [-0.1, -0.05) is 30.3 Å². The fourth-order valence-corrected chi connectivity index (χ4v) is 2.76. The summed E-state index contributed by atoms with van der Waals surface area (Å²) in [5, 5.41) is 4.98. The molecule has 0 spiro atoms. The number of anilines is 1. The van der Waals surface area contributed by atoms with Gasteiger partial charge in [0.2, 0.25) is 0 Å². The van der Waals surface area contributed by atoms with Crippen LogP contribution >= 0.6 is 0 Å². The molecule has 6 heteroatoms. The van der Waals surface area contributed by atoms with E-state index in [1.165, 1.54) is 20.3 Å². The van der Waals surface area contributed by atoms with Crippen molar-refractivity contribution in [2.45, 2.75) is 13.0 Å². The molecular weight excluding hydrogens is 358 g/mol. The highest BCUT2D eigenvalue weighted by Crippen LogP contribution is 2.29. The van der Waals surface area contributed by atoms with Crippen molar-refractivity contribution < 1.29 is 23.8 Å². The quantitative estimate of drug-likeness (QED) is 0.654. The van der Waals surface area contributed by atoms with Crippen molar-refractivity contribution in [2.24, 2.45) is 0 Å².